The quantitative estimate of drug-likeness (QED) is 0.302. The molecule has 0 saturated heterocycles. The number of amides is 1. The molecule has 0 fully saturated rings. The predicted molar refractivity (Wildman–Crippen MR) is 127 cm³/mol. The van der Waals surface area contributed by atoms with Crippen LogP contribution in [0.2, 0.25) is 0 Å². The number of hydrogen-bond donors (Lipinski definition) is 1. The number of benzene rings is 2. The monoisotopic (exact) mass is 497 g/mol. The minimum atomic E-state index is -4.55. The molecule has 4 rings (SSSR count). The molecule has 0 spiro atoms. The second kappa shape index (κ2) is 9.56. The van der Waals surface area contributed by atoms with Crippen molar-refractivity contribution in [3.05, 3.63) is 94.6 Å². The van der Waals surface area contributed by atoms with E-state index in [1.54, 1.807) is 58.0 Å². The molecule has 0 aliphatic heterocycles. The number of pyridine rings is 1. The summed E-state index contributed by atoms with van der Waals surface area (Å²) >= 11 is 0. The maximum Gasteiger partial charge on any atom is 0.433 e. The van der Waals surface area contributed by atoms with E-state index in [1.165, 1.54) is 12.1 Å². The van der Waals surface area contributed by atoms with Crippen molar-refractivity contribution < 1.29 is 26.8 Å². The molecule has 2 aromatic heterocycles. The lowest BCUT2D eigenvalue weighted by Gasteiger charge is -2.16. The summed E-state index contributed by atoms with van der Waals surface area (Å²) in [5.41, 5.74) is 2.25. The summed E-state index contributed by atoms with van der Waals surface area (Å²) in [6.45, 7) is 6.86. The number of hydrogen-bond acceptors (Lipinski definition) is 4. The maximum absolute atomic E-state index is 14.8. The Labute approximate surface area is 205 Å². The average Bonchev–Trinajstić information content (AvgIpc) is 3.16. The van der Waals surface area contributed by atoms with Crippen LogP contribution in [0, 0.1) is 26.6 Å². The number of nitrogens with one attached hydrogen (secondary N) is 1. The van der Waals surface area contributed by atoms with Crippen LogP contribution in [-0.4, -0.2) is 15.9 Å². The number of rotatable bonds is 5. The standard InChI is InChI=1S/C27H23F4N3O2/c1-14-5-7-22(23(28)9-14)19-10-20(25-16(3)36-17(4)34-25)12-21(11-19)26(35)33-15(2)18-6-8-24(32-13-18)27(29,30)31/h5-13,15H,1-4H3,(H,33,35)/t15-/m1/s1. The summed E-state index contributed by atoms with van der Waals surface area (Å²) < 4.78 is 58.8. The van der Waals surface area contributed by atoms with Crippen LogP contribution in [-0.2, 0) is 6.18 Å². The second-order valence-corrected chi connectivity index (χ2v) is 8.59. The van der Waals surface area contributed by atoms with Crippen LogP contribution in [0.1, 0.15) is 51.8 Å². The van der Waals surface area contributed by atoms with Gasteiger partial charge in [0.2, 0.25) is 0 Å². The van der Waals surface area contributed by atoms with E-state index in [2.05, 4.69) is 15.3 Å². The highest BCUT2D eigenvalue weighted by molar-refractivity contribution is 5.97. The third-order valence-corrected chi connectivity index (χ3v) is 5.73. The number of alkyl halides is 3. The Morgan fingerprint density at radius 2 is 1.72 bits per heavy atom. The van der Waals surface area contributed by atoms with Crippen molar-refractivity contribution in [3.8, 4) is 22.4 Å². The fourth-order valence-electron chi connectivity index (χ4n) is 3.89. The Hall–Kier alpha value is -4.01. The summed E-state index contributed by atoms with van der Waals surface area (Å²) in [4.78, 5) is 21.0. The molecule has 0 bridgehead atoms. The van der Waals surface area contributed by atoms with Crippen LogP contribution in [0.15, 0.2) is 59.1 Å². The Balaban J connectivity index is 1.70. The minimum Gasteiger partial charge on any atom is -0.446 e. The molecule has 0 radical (unpaired) electrons. The molecule has 0 aliphatic carbocycles. The van der Waals surface area contributed by atoms with E-state index in [0.29, 0.717) is 39.6 Å². The molecule has 1 atom stereocenters. The SMILES string of the molecule is Cc1ccc(-c2cc(C(=O)N[C@H](C)c3ccc(C(F)(F)F)nc3)cc(-c3nc(C)oc3C)c2)c(F)c1. The number of oxazole rings is 1. The van der Waals surface area contributed by atoms with Gasteiger partial charge in [0.15, 0.2) is 5.89 Å². The number of carbonyl (C=O) groups is 1. The van der Waals surface area contributed by atoms with Crippen LogP contribution in [0.4, 0.5) is 17.6 Å². The van der Waals surface area contributed by atoms with Crippen molar-refractivity contribution in [3.63, 3.8) is 0 Å². The molecule has 2 aromatic carbocycles. The molecular formula is C27H23F4N3O2. The number of nitrogens with zero attached hydrogens (tertiary/aromatic N) is 2. The van der Waals surface area contributed by atoms with Gasteiger partial charge in [-0.05, 0) is 67.8 Å². The summed E-state index contributed by atoms with van der Waals surface area (Å²) in [7, 11) is 0. The molecule has 1 N–H and O–H groups in total. The van der Waals surface area contributed by atoms with E-state index in [4.69, 9.17) is 4.42 Å². The molecule has 4 aromatic rings. The number of aryl methyl sites for hydroxylation is 3. The second-order valence-electron chi connectivity index (χ2n) is 8.59. The van der Waals surface area contributed by atoms with Gasteiger partial charge < -0.3 is 9.73 Å². The Morgan fingerprint density at radius 1 is 1.00 bits per heavy atom. The zero-order valence-corrected chi connectivity index (χ0v) is 20.0. The van der Waals surface area contributed by atoms with E-state index in [1.807, 2.05) is 0 Å². The molecule has 0 unspecified atom stereocenters. The molecule has 1 amide bonds. The molecule has 36 heavy (non-hydrogen) atoms. The summed E-state index contributed by atoms with van der Waals surface area (Å²) in [5, 5.41) is 2.77. The van der Waals surface area contributed by atoms with E-state index in [-0.39, 0.29) is 5.56 Å². The van der Waals surface area contributed by atoms with Crippen molar-refractivity contribution in [1.82, 2.24) is 15.3 Å². The van der Waals surface area contributed by atoms with Crippen LogP contribution in [0.25, 0.3) is 22.4 Å². The highest BCUT2D eigenvalue weighted by Gasteiger charge is 2.32. The lowest BCUT2D eigenvalue weighted by Crippen LogP contribution is -2.27. The number of halogens is 4. The molecule has 0 saturated carbocycles. The Morgan fingerprint density at radius 3 is 2.31 bits per heavy atom. The Kier molecular flexibility index (Phi) is 6.67. The normalized spacial score (nSPS) is 12.4. The molecule has 9 heteroatoms. The maximum atomic E-state index is 14.8. The van der Waals surface area contributed by atoms with Crippen LogP contribution >= 0.6 is 0 Å². The van der Waals surface area contributed by atoms with Crippen molar-refractivity contribution in [2.75, 3.05) is 0 Å². The van der Waals surface area contributed by atoms with Gasteiger partial charge in [-0.25, -0.2) is 9.37 Å². The highest BCUT2D eigenvalue weighted by atomic mass is 19.4. The smallest absolute Gasteiger partial charge is 0.433 e. The number of aromatic nitrogens is 2. The largest absolute Gasteiger partial charge is 0.446 e. The lowest BCUT2D eigenvalue weighted by molar-refractivity contribution is -0.141. The van der Waals surface area contributed by atoms with Crippen LogP contribution in [0.5, 0.6) is 0 Å². The minimum absolute atomic E-state index is 0.231. The first-order valence-corrected chi connectivity index (χ1v) is 11.1. The summed E-state index contributed by atoms with van der Waals surface area (Å²) in [6.07, 6.45) is -3.47. The fourth-order valence-corrected chi connectivity index (χ4v) is 3.89. The molecular weight excluding hydrogens is 474 g/mol. The van der Waals surface area contributed by atoms with Gasteiger partial charge in [0.1, 0.15) is 23.0 Å². The number of carbonyl (C=O) groups excluding carboxylic acids is 1. The van der Waals surface area contributed by atoms with E-state index in [0.717, 1.165) is 17.8 Å². The first kappa shape index (κ1) is 25.1. The van der Waals surface area contributed by atoms with Gasteiger partial charge in [-0.1, -0.05) is 18.2 Å². The van der Waals surface area contributed by atoms with Crippen molar-refractivity contribution >= 4 is 5.91 Å². The van der Waals surface area contributed by atoms with Crippen LogP contribution in [0.3, 0.4) is 0 Å². The third kappa shape index (κ3) is 5.30. The molecule has 2 heterocycles. The fraction of sp³-hybridized carbons (Fsp3) is 0.222. The first-order chi connectivity index (χ1) is 16.9. The molecule has 5 nitrogen and oxygen atoms in total. The van der Waals surface area contributed by atoms with Crippen molar-refractivity contribution in [2.24, 2.45) is 0 Å². The van der Waals surface area contributed by atoms with E-state index >= 15 is 0 Å². The summed E-state index contributed by atoms with van der Waals surface area (Å²) in [5.74, 6) is 0.0695. The van der Waals surface area contributed by atoms with Gasteiger partial charge >= 0.3 is 6.18 Å². The van der Waals surface area contributed by atoms with Gasteiger partial charge in [-0.15, -0.1) is 0 Å². The molecule has 186 valence electrons. The zero-order chi connectivity index (χ0) is 26.2. The Bertz CT molecular complexity index is 1430. The zero-order valence-electron chi connectivity index (χ0n) is 20.0. The van der Waals surface area contributed by atoms with E-state index < -0.39 is 29.6 Å². The van der Waals surface area contributed by atoms with Gasteiger partial charge in [0, 0.05) is 29.8 Å². The highest BCUT2D eigenvalue weighted by Crippen LogP contribution is 2.32. The predicted octanol–water partition coefficient (Wildman–Crippen LogP) is 6.98. The van der Waals surface area contributed by atoms with Crippen LogP contribution < -0.4 is 5.32 Å². The first-order valence-electron chi connectivity index (χ1n) is 11.1. The summed E-state index contributed by atoms with van der Waals surface area (Å²) in [6, 6.07) is 11.2. The third-order valence-electron chi connectivity index (χ3n) is 5.73. The topological polar surface area (TPSA) is 68.0 Å². The van der Waals surface area contributed by atoms with Gasteiger partial charge in [-0.2, -0.15) is 13.2 Å². The van der Waals surface area contributed by atoms with Gasteiger partial charge in [0.05, 0.1) is 6.04 Å². The van der Waals surface area contributed by atoms with Crippen molar-refractivity contribution in [1.29, 1.82) is 0 Å². The van der Waals surface area contributed by atoms with E-state index in [9.17, 15) is 22.4 Å². The molecule has 0 aliphatic rings. The van der Waals surface area contributed by atoms with Gasteiger partial charge in [0.25, 0.3) is 5.91 Å². The van der Waals surface area contributed by atoms with Crippen molar-refractivity contribution in [2.45, 2.75) is 39.9 Å². The average molecular weight is 497 g/mol. The lowest BCUT2D eigenvalue weighted by atomic mass is 9.96. The van der Waals surface area contributed by atoms with Gasteiger partial charge in [-0.3, -0.25) is 9.78 Å².